The Morgan fingerprint density at radius 1 is 0.761 bits per heavy atom. The summed E-state index contributed by atoms with van der Waals surface area (Å²) in [4.78, 5) is 40.2. The average molecular weight is 639 g/mol. The lowest BCUT2D eigenvalue weighted by Gasteiger charge is -2.20. The van der Waals surface area contributed by atoms with E-state index in [2.05, 4.69) is 0 Å². The van der Waals surface area contributed by atoms with Gasteiger partial charge in [0.2, 0.25) is 17.0 Å². The van der Waals surface area contributed by atoms with Crippen molar-refractivity contribution >= 4 is 22.7 Å². The van der Waals surface area contributed by atoms with Crippen molar-refractivity contribution in [2.75, 3.05) is 56.1 Å². The number of carbonyl (C=O) groups is 2. The molecule has 4 rings (SSSR count). The van der Waals surface area contributed by atoms with E-state index < -0.39 is 23.3 Å². The molecule has 1 atom stereocenters. The van der Waals surface area contributed by atoms with Gasteiger partial charge >= 0.3 is 5.97 Å². The number of esters is 1. The van der Waals surface area contributed by atoms with Crippen molar-refractivity contribution in [3.63, 3.8) is 0 Å². The van der Waals surface area contributed by atoms with Crippen molar-refractivity contribution in [2.24, 2.45) is 0 Å². The summed E-state index contributed by atoms with van der Waals surface area (Å²) in [6.45, 7) is 1.38. The Hall–Kier alpha value is -5.43. The Kier molecular flexibility index (Phi) is 10.9. The monoisotopic (exact) mass is 638 g/mol. The van der Waals surface area contributed by atoms with Gasteiger partial charge in [0.1, 0.15) is 22.5 Å². The predicted octanol–water partition coefficient (Wildman–Crippen LogP) is 4.68. The number of benzene rings is 3. The number of ether oxygens (including phenoxy) is 9. The zero-order chi connectivity index (χ0) is 33.4. The molecule has 0 saturated carbocycles. The third kappa shape index (κ3) is 6.79. The molecule has 0 aliphatic rings. The van der Waals surface area contributed by atoms with E-state index >= 15 is 0 Å². The van der Waals surface area contributed by atoms with Crippen LogP contribution in [0.5, 0.6) is 40.2 Å². The molecule has 46 heavy (non-hydrogen) atoms. The number of methoxy groups -OCH3 is 6. The van der Waals surface area contributed by atoms with Crippen molar-refractivity contribution < 1.29 is 56.6 Å². The van der Waals surface area contributed by atoms with Gasteiger partial charge in [-0.15, -0.1) is 0 Å². The molecule has 244 valence electrons. The Bertz CT molecular complexity index is 1780. The minimum atomic E-state index is -1.72. The first kappa shape index (κ1) is 33.5. The van der Waals surface area contributed by atoms with Gasteiger partial charge in [0.25, 0.3) is 6.10 Å². The van der Waals surface area contributed by atoms with Gasteiger partial charge < -0.3 is 47.0 Å². The molecule has 0 N–H and O–H groups in total. The molecule has 1 heterocycles. The van der Waals surface area contributed by atoms with Gasteiger partial charge in [0, 0.05) is 30.4 Å². The molecule has 0 aliphatic heterocycles. The third-order valence-corrected chi connectivity index (χ3v) is 6.74. The highest BCUT2D eigenvalue weighted by Gasteiger charge is 2.33. The first-order chi connectivity index (χ1) is 22.2. The minimum absolute atomic E-state index is 0.000237. The van der Waals surface area contributed by atoms with Crippen LogP contribution in [0.15, 0.2) is 57.7 Å². The van der Waals surface area contributed by atoms with Crippen LogP contribution in [0.1, 0.15) is 17.3 Å². The van der Waals surface area contributed by atoms with Crippen LogP contribution in [0.4, 0.5) is 0 Å². The smallest absolute Gasteiger partial charge is 0.355 e. The van der Waals surface area contributed by atoms with E-state index in [1.54, 1.807) is 25.1 Å². The van der Waals surface area contributed by atoms with Crippen LogP contribution >= 0.6 is 0 Å². The fraction of sp³-hybridized carbons (Fsp3) is 0.303. The zero-order valence-electron chi connectivity index (χ0n) is 26.4. The van der Waals surface area contributed by atoms with E-state index in [1.165, 1.54) is 73.0 Å². The Morgan fingerprint density at radius 3 is 2.11 bits per heavy atom. The normalized spacial score (nSPS) is 11.4. The predicted molar refractivity (Wildman–Crippen MR) is 165 cm³/mol. The summed E-state index contributed by atoms with van der Waals surface area (Å²) >= 11 is 0. The molecular formula is C33H34O13. The molecule has 0 amide bonds. The molecule has 13 heteroatoms. The quantitative estimate of drug-likeness (QED) is 0.0769. The summed E-state index contributed by atoms with van der Waals surface area (Å²) in [5.41, 5.74) is 0.149. The molecule has 4 aromatic rings. The summed E-state index contributed by atoms with van der Waals surface area (Å²) in [5.74, 6) is -0.287. The first-order valence-electron chi connectivity index (χ1n) is 13.9. The lowest BCUT2D eigenvalue weighted by atomic mass is 10.0. The van der Waals surface area contributed by atoms with Crippen LogP contribution < -0.4 is 38.6 Å². The fourth-order valence-corrected chi connectivity index (χ4v) is 4.57. The summed E-state index contributed by atoms with van der Waals surface area (Å²) in [7, 11) is 8.53. The molecule has 3 aromatic carbocycles. The van der Waals surface area contributed by atoms with Gasteiger partial charge in [-0.1, -0.05) is 0 Å². The van der Waals surface area contributed by atoms with Gasteiger partial charge in [-0.25, -0.2) is 4.79 Å². The van der Waals surface area contributed by atoms with E-state index in [4.69, 9.17) is 47.0 Å². The lowest BCUT2D eigenvalue weighted by Crippen LogP contribution is -2.37. The van der Waals surface area contributed by atoms with E-state index in [-0.39, 0.29) is 64.4 Å². The second kappa shape index (κ2) is 15.0. The number of hydrogen-bond donors (Lipinski definition) is 0. The molecule has 1 aromatic heterocycles. The minimum Gasteiger partial charge on any atom is -0.496 e. The zero-order valence-corrected chi connectivity index (χ0v) is 26.4. The maximum atomic E-state index is 13.6. The summed E-state index contributed by atoms with van der Waals surface area (Å²) in [5, 5.41) is 0.158. The maximum absolute atomic E-state index is 13.6. The van der Waals surface area contributed by atoms with Crippen LogP contribution in [0, 0.1) is 0 Å². The van der Waals surface area contributed by atoms with Gasteiger partial charge in [-0.05, 0) is 43.3 Å². The van der Waals surface area contributed by atoms with Crippen molar-refractivity contribution in [1.29, 1.82) is 0 Å². The van der Waals surface area contributed by atoms with Gasteiger partial charge in [-0.3, -0.25) is 9.59 Å². The molecule has 0 bridgehead atoms. The van der Waals surface area contributed by atoms with Crippen LogP contribution in [0.3, 0.4) is 0 Å². The van der Waals surface area contributed by atoms with Gasteiger partial charge in [0.15, 0.2) is 35.6 Å². The lowest BCUT2D eigenvalue weighted by molar-refractivity contribution is -0.149. The van der Waals surface area contributed by atoms with Gasteiger partial charge in [-0.2, -0.15) is 0 Å². The molecule has 13 nitrogen and oxygen atoms in total. The summed E-state index contributed by atoms with van der Waals surface area (Å²) in [6, 6.07) is 12.0. The number of carbonyl (C=O) groups excluding carboxylic acids is 2. The second-order valence-corrected chi connectivity index (χ2v) is 9.39. The van der Waals surface area contributed by atoms with Crippen LogP contribution in [-0.2, 0) is 14.3 Å². The number of hydrogen-bond acceptors (Lipinski definition) is 13. The standard InChI is InChI=1S/C33H34O13/c1-8-43-33(36)32(28(34)18-9-11-21(39-4)23(13-18)40-5)45-22-12-10-19(14-24(22)44-17-37-2)30-31(42-7)29(35)27-25(41-6)15-20(38-3)16-26(27)46-30/h9-16,32H,8,17H2,1-7H3. The Morgan fingerprint density at radius 2 is 1.48 bits per heavy atom. The van der Waals surface area contributed by atoms with Gasteiger partial charge in [0.05, 0.1) is 42.2 Å². The van der Waals surface area contributed by atoms with Crippen molar-refractivity contribution in [2.45, 2.75) is 13.0 Å². The third-order valence-electron chi connectivity index (χ3n) is 6.74. The summed E-state index contributed by atoms with van der Waals surface area (Å²) < 4.78 is 54.9. The molecule has 1 unspecified atom stereocenters. The van der Waals surface area contributed by atoms with Crippen LogP contribution in [0.2, 0.25) is 0 Å². The van der Waals surface area contributed by atoms with Crippen LogP contribution in [-0.4, -0.2) is 73.9 Å². The number of ketones is 1. The van der Waals surface area contributed by atoms with E-state index in [0.29, 0.717) is 17.1 Å². The van der Waals surface area contributed by atoms with Crippen molar-refractivity contribution in [3.05, 3.63) is 64.3 Å². The molecule has 0 spiro atoms. The van der Waals surface area contributed by atoms with E-state index in [0.717, 1.165) is 0 Å². The van der Waals surface area contributed by atoms with Crippen LogP contribution in [0.25, 0.3) is 22.3 Å². The Labute approximate surface area is 264 Å². The van der Waals surface area contributed by atoms with E-state index in [9.17, 15) is 14.4 Å². The highest BCUT2D eigenvalue weighted by Crippen LogP contribution is 2.40. The number of Topliss-reactive ketones (excluding diaryl/α,β-unsaturated/α-hetero) is 1. The molecule has 0 saturated heterocycles. The first-order valence-corrected chi connectivity index (χ1v) is 13.9. The second-order valence-electron chi connectivity index (χ2n) is 9.39. The molecule has 0 radical (unpaired) electrons. The molecule has 0 aliphatic carbocycles. The molecular weight excluding hydrogens is 604 g/mol. The van der Waals surface area contributed by atoms with Crippen molar-refractivity contribution in [3.8, 4) is 51.6 Å². The topological polar surface area (TPSA) is 147 Å². The average Bonchev–Trinajstić information content (AvgIpc) is 3.08. The summed E-state index contributed by atoms with van der Waals surface area (Å²) in [6.07, 6.45) is -1.72. The number of rotatable bonds is 15. The Balaban J connectivity index is 1.83. The highest BCUT2D eigenvalue weighted by atomic mass is 16.7. The largest absolute Gasteiger partial charge is 0.496 e. The highest BCUT2D eigenvalue weighted by molar-refractivity contribution is 6.11. The fourth-order valence-electron chi connectivity index (χ4n) is 4.57. The van der Waals surface area contributed by atoms with Crippen molar-refractivity contribution in [1.82, 2.24) is 0 Å². The SMILES string of the molecule is CCOC(=O)C(Oc1ccc(-c2oc3cc(OC)cc(OC)c3c(=O)c2OC)cc1OCOC)C(=O)c1ccc(OC)c(OC)c1. The number of fused-ring (bicyclic) bond motifs is 1. The molecule has 0 fully saturated rings. The maximum Gasteiger partial charge on any atom is 0.355 e. The van der Waals surface area contributed by atoms with E-state index in [1.807, 2.05) is 0 Å².